The van der Waals surface area contributed by atoms with Gasteiger partial charge in [0.1, 0.15) is 10.7 Å². The fraction of sp³-hybridized carbons (Fsp3) is 0.522. The molecule has 1 N–H and O–H groups in total. The molecule has 3 fully saturated rings. The quantitative estimate of drug-likeness (QED) is 0.588. The molecule has 34 heavy (non-hydrogen) atoms. The summed E-state index contributed by atoms with van der Waals surface area (Å²) in [7, 11) is 0. The predicted octanol–water partition coefficient (Wildman–Crippen LogP) is 2.37. The van der Waals surface area contributed by atoms with Gasteiger partial charge in [0.15, 0.2) is 0 Å². The smallest absolute Gasteiger partial charge is 0.265 e. The van der Waals surface area contributed by atoms with E-state index in [1.165, 1.54) is 17.4 Å². The van der Waals surface area contributed by atoms with Crippen molar-refractivity contribution in [3.05, 3.63) is 57.7 Å². The van der Waals surface area contributed by atoms with Gasteiger partial charge in [0.05, 0.1) is 29.7 Å². The standard InChI is InChI=1S/C23H25FN6O3S/c24-16-1-2-17(14-3-5-32-6-4-14)27-18(16)7-20-28-29-21(33-20)15-9-30(12-23(15)10-26-11-23)22(31)19-8-25-13-34-19/h1-2,8,13-15,26H,3-7,9-12H2. The molecule has 1 spiro atoms. The van der Waals surface area contributed by atoms with Crippen molar-refractivity contribution < 1.29 is 18.3 Å². The molecule has 0 aromatic carbocycles. The number of hydrogen-bond donors (Lipinski definition) is 1. The Labute approximate surface area is 199 Å². The van der Waals surface area contributed by atoms with Crippen LogP contribution in [0.5, 0.6) is 0 Å². The van der Waals surface area contributed by atoms with E-state index in [1.54, 1.807) is 17.8 Å². The number of nitrogens with zero attached hydrogens (tertiary/aromatic N) is 5. The number of pyridine rings is 1. The number of amides is 1. The van der Waals surface area contributed by atoms with Gasteiger partial charge in [-0.1, -0.05) is 0 Å². The summed E-state index contributed by atoms with van der Waals surface area (Å²) >= 11 is 1.34. The van der Waals surface area contributed by atoms with E-state index in [2.05, 4.69) is 25.5 Å². The van der Waals surface area contributed by atoms with Gasteiger partial charge in [-0.05, 0) is 25.0 Å². The third-order valence-corrected chi connectivity index (χ3v) is 7.97. The van der Waals surface area contributed by atoms with Gasteiger partial charge in [0.2, 0.25) is 11.8 Å². The molecule has 0 saturated carbocycles. The Kier molecular flexibility index (Phi) is 5.62. The summed E-state index contributed by atoms with van der Waals surface area (Å²) in [5, 5.41) is 11.8. The maximum absolute atomic E-state index is 14.6. The van der Waals surface area contributed by atoms with Crippen molar-refractivity contribution in [3.8, 4) is 0 Å². The van der Waals surface area contributed by atoms with E-state index in [0.29, 0.717) is 48.7 Å². The summed E-state index contributed by atoms with van der Waals surface area (Å²) < 4.78 is 26.0. The maximum atomic E-state index is 14.6. The zero-order valence-electron chi connectivity index (χ0n) is 18.6. The van der Waals surface area contributed by atoms with Gasteiger partial charge in [0, 0.05) is 56.4 Å². The molecule has 9 nitrogen and oxygen atoms in total. The molecular weight excluding hydrogens is 459 g/mol. The third kappa shape index (κ3) is 3.91. The largest absolute Gasteiger partial charge is 0.424 e. The molecule has 11 heteroatoms. The first kappa shape index (κ1) is 21.8. The van der Waals surface area contributed by atoms with Crippen molar-refractivity contribution in [1.82, 2.24) is 30.4 Å². The second-order valence-electron chi connectivity index (χ2n) is 9.33. The Balaban J connectivity index is 1.20. The highest BCUT2D eigenvalue weighted by atomic mass is 32.1. The van der Waals surface area contributed by atoms with Gasteiger partial charge in [-0.3, -0.25) is 14.8 Å². The first-order chi connectivity index (χ1) is 16.6. The van der Waals surface area contributed by atoms with E-state index in [-0.39, 0.29) is 35.4 Å². The zero-order chi connectivity index (χ0) is 23.1. The summed E-state index contributed by atoms with van der Waals surface area (Å²) in [4.78, 5) is 24.0. The molecule has 6 rings (SSSR count). The van der Waals surface area contributed by atoms with Gasteiger partial charge >= 0.3 is 0 Å². The summed E-state index contributed by atoms with van der Waals surface area (Å²) in [5.41, 5.74) is 2.73. The van der Waals surface area contributed by atoms with E-state index in [4.69, 9.17) is 9.15 Å². The van der Waals surface area contributed by atoms with Crippen LogP contribution < -0.4 is 5.32 Å². The number of rotatable bonds is 5. The van der Waals surface area contributed by atoms with Crippen LogP contribution in [0.3, 0.4) is 0 Å². The van der Waals surface area contributed by atoms with Gasteiger partial charge in [0.25, 0.3) is 5.91 Å². The lowest BCUT2D eigenvalue weighted by atomic mass is 9.73. The van der Waals surface area contributed by atoms with Crippen LogP contribution in [0.4, 0.5) is 4.39 Å². The summed E-state index contributed by atoms with van der Waals surface area (Å²) in [5.74, 6) is 0.637. The average Bonchev–Trinajstić information content (AvgIpc) is 3.60. The molecule has 1 unspecified atom stereocenters. The fourth-order valence-electron chi connectivity index (χ4n) is 5.21. The summed E-state index contributed by atoms with van der Waals surface area (Å²) in [6.45, 7) is 4.10. The molecular formula is C23H25FN6O3S. The van der Waals surface area contributed by atoms with Gasteiger partial charge in [-0.25, -0.2) is 4.39 Å². The fourth-order valence-corrected chi connectivity index (χ4v) is 5.80. The number of carbonyl (C=O) groups excluding carboxylic acids is 1. The molecule has 3 saturated heterocycles. The van der Waals surface area contributed by atoms with Crippen LogP contribution in [0, 0.1) is 11.2 Å². The van der Waals surface area contributed by atoms with Crippen molar-refractivity contribution in [2.75, 3.05) is 39.4 Å². The highest BCUT2D eigenvalue weighted by molar-refractivity contribution is 7.11. The third-order valence-electron chi connectivity index (χ3n) is 7.21. The van der Waals surface area contributed by atoms with E-state index >= 15 is 0 Å². The SMILES string of the molecule is O=C(c1cncs1)N1CC(c2nnc(Cc3nc(C4CCOCC4)ccc3F)o2)C2(CNC2)C1. The normalized spacial score (nSPS) is 22.3. The average molecular weight is 485 g/mol. The molecule has 0 radical (unpaired) electrons. The summed E-state index contributed by atoms with van der Waals surface area (Å²) in [6, 6.07) is 3.23. The number of hydrogen-bond acceptors (Lipinski definition) is 9. The highest BCUT2D eigenvalue weighted by Crippen LogP contribution is 2.45. The van der Waals surface area contributed by atoms with Crippen LogP contribution >= 0.6 is 11.3 Å². The van der Waals surface area contributed by atoms with Crippen LogP contribution in [0.2, 0.25) is 0 Å². The number of aromatic nitrogens is 4. The van der Waals surface area contributed by atoms with Gasteiger partial charge in [-0.15, -0.1) is 21.5 Å². The molecule has 3 aliphatic heterocycles. The van der Waals surface area contributed by atoms with E-state index < -0.39 is 0 Å². The molecule has 0 aliphatic carbocycles. The van der Waals surface area contributed by atoms with Crippen molar-refractivity contribution in [1.29, 1.82) is 0 Å². The van der Waals surface area contributed by atoms with Gasteiger partial charge < -0.3 is 19.4 Å². The number of ether oxygens (including phenoxy) is 1. The number of likely N-dealkylation sites (tertiary alicyclic amines) is 1. The first-order valence-electron chi connectivity index (χ1n) is 11.6. The summed E-state index contributed by atoms with van der Waals surface area (Å²) in [6.07, 6.45) is 3.51. The second-order valence-corrected chi connectivity index (χ2v) is 10.2. The molecule has 3 aromatic rings. The van der Waals surface area contributed by atoms with Crippen LogP contribution in [0.1, 0.15) is 57.5 Å². The topological polar surface area (TPSA) is 106 Å². The van der Waals surface area contributed by atoms with Crippen molar-refractivity contribution >= 4 is 17.2 Å². The number of nitrogens with one attached hydrogen (secondary N) is 1. The van der Waals surface area contributed by atoms with E-state index in [9.17, 15) is 9.18 Å². The molecule has 0 bridgehead atoms. The number of halogens is 1. The Morgan fingerprint density at radius 3 is 2.85 bits per heavy atom. The molecule has 3 aromatic heterocycles. The highest BCUT2D eigenvalue weighted by Gasteiger charge is 2.54. The van der Waals surface area contributed by atoms with Crippen molar-refractivity contribution in [3.63, 3.8) is 0 Å². The predicted molar refractivity (Wildman–Crippen MR) is 120 cm³/mol. The van der Waals surface area contributed by atoms with Crippen LogP contribution in [-0.4, -0.2) is 70.4 Å². The Hall–Kier alpha value is -2.76. The van der Waals surface area contributed by atoms with E-state index in [1.807, 2.05) is 4.90 Å². The Morgan fingerprint density at radius 1 is 1.26 bits per heavy atom. The molecule has 1 amide bonds. The minimum Gasteiger partial charge on any atom is -0.424 e. The second kappa shape index (κ2) is 8.79. The van der Waals surface area contributed by atoms with Crippen LogP contribution in [0.15, 0.2) is 28.3 Å². The van der Waals surface area contributed by atoms with Crippen molar-refractivity contribution in [2.24, 2.45) is 5.41 Å². The lowest BCUT2D eigenvalue weighted by Gasteiger charge is -2.42. The van der Waals surface area contributed by atoms with Crippen LogP contribution in [-0.2, 0) is 11.2 Å². The molecule has 178 valence electrons. The molecule has 1 atom stereocenters. The van der Waals surface area contributed by atoms with Crippen molar-refractivity contribution in [2.45, 2.75) is 31.1 Å². The minimum absolute atomic E-state index is 0.0211. The number of carbonyl (C=O) groups is 1. The lowest BCUT2D eigenvalue weighted by Crippen LogP contribution is -2.57. The van der Waals surface area contributed by atoms with Crippen LogP contribution in [0.25, 0.3) is 0 Å². The van der Waals surface area contributed by atoms with E-state index in [0.717, 1.165) is 31.6 Å². The Morgan fingerprint density at radius 2 is 2.12 bits per heavy atom. The van der Waals surface area contributed by atoms with Gasteiger partial charge in [-0.2, -0.15) is 0 Å². The zero-order valence-corrected chi connectivity index (χ0v) is 19.4. The molecule has 6 heterocycles. The maximum Gasteiger partial charge on any atom is 0.265 e. The minimum atomic E-state index is -0.377. The first-order valence-corrected chi connectivity index (χ1v) is 12.4. The Bertz CT molecular complexity index is 1180. The molecule has 3 aliphatic rings. The number of thiazole rings is 1. The lowest BCUT2D eigenvalue weighted by molar-refractivity contribution is 0.0753. The monoisotopic (exact) mass is 484 g/mol.